The van der Waals surface area contributed by atoms with Crippen LogP contribution in [0.5, 0.6) is 0 Å². The predicted octanol–water partition coefficient (Wildman–Crippen LogP) is 2.82. The number of aromatic nitrogens is 3. The number of nitrogens with two attached hydrogens (primary N) is 1. The van der Waals surface area contributed by atoms with Crippen molar-refractivity contribution in [1.82, 2.24) is 14.8 Å². The van der Waals surface area contributed by atoms with E-state index in [-0.39, 0.29) is 0 Å². The van der Waals surface area contributed by atoms with Gasteiger partial charge in [0.15, 0.2) is 0 Å². The molecule has 18 heavy (non-hydrogen) atoms. The summed E-state index contributed by atoms with van der Waals surface area (Å²) < 4.78 is 1.75. The van der Waals surface area contributed by atoms with E-state index in [0.717, 1.165) is 16.8 Å². The number of rotatable bonds is 3. The molecule has 4 heteroatoms. The normalized spacial score (nSPS) is 12.9. The Hall–Kier alpha value is -1.84. The van der Waals surface area contributed by atoms with Crippen LogP contribution in [-0.2, 0) is 7.05 Å². The molecule has 2 aromatic rings. The highest BCUT2D eigenvalue weighted by Gasteiger charge is 2.22. The van der Waals surface area contributed by atoms with E-state index in [4.69, 9.17) is 5.73 Å². The molecule has 0 spiro atoms. The first-order valence-corrected chi connectivity index (χ1v) is 6.25. The molecule has 0 radical (unpaired) electrons. The number of hydrogen-bond acceptors (Lipinski definition) is 3. The zero-order chi connectivity index (χ0) is 13.3. The van der Waals surface area contributed by atoms with Crippen LogP contribution in [0.15, 0.2) is 24.5 Å². The van der Waals surface area contributed by atoms with E-state index in [1.807, 2.05) is 25.4 Å². The number of nitrogens with zero attached hydrogens (tertiary/aromatic N) is 3. The Balaban J connectivity index is 2.59. The van der Waals surface area contributed by atoms with E-state index in [1.54, 1.807) is 10.9 Å². The monoisotopic (exact) mass is 244 g/mol. The van der Waals surface area contributed by atoms with Gasteiger partial charge in [0.1, 0.15) is 5.82 Å². The van der Waals surface area contributed by atoms with Gasteiger partial charge in [-0.15, -0.1) is 0 Å². The topological polar surface area (TPSA) is 56.7 Å². The van der Waals surface area contributed by atoms with Crippen LogP contribution < -0.4 is 5.73 Å². The zero-order valence-corrected chi connectivity index (χ0v) is 11.4. The first-order chi connectivity index (χ1) is 8.52. The van der Waals surface area contributed by atoms with E-state index in [9.17, 15) is 0 Å². The average molecular weight is 244 g/mol. The first kappa shape index (κ1) is 12.6. The predicted molar refractivity (Wildman–Crippen MR) is 74.1 cm³/mol. The lowest BCUT2D eigenvalue weighted by Gasteiger charge is -2.14. The molecule has 0 fully saturated rings. The minimum atomic E-state index is 0.365. The fourth-order valence-corrected chi connectivity index (χ4v) is 2.00. The van der Waals surface area contributed by atoms with E-state index >= 15 is 0 Å². The van der Waals surface area contributed by atoms with E-state index in [2.05, 4.69) is 30.9 Å². The van der Waals surface area contributed by atoms with Gasteiger partial charge in [0, 0.05) is 36.5 Å². The molecule has 0 aliphatic carbocycles. The Bertz CT molecular complexity index is 528. The van der Waals surface area contributed by atoms with Crippen LogP contribution in [0.4, 0.5) is 5.82 Å². The summed E-state index contributed by atoms with van der Waals surface area (Å²) in [6, 6.07) is 3.95. The zero-order valence-electron chi connectivity index (χ0n) is 11.4. The van der Waals surface area contributed by atoms with Crippen molar-refractivity contribution in [2.24, 2.45) is 13.0 Å². The van der Waals surface area contributed by atoms with Crippen LogP contribution in [0.1, 0.15) is 32.4 Å². The quantitative estimate of drug-likeness (QED) is 0.903. The minimum absolute atomic E-state index is 0.365. The summed E-state index contributed by atoms with van der Waals surface area (Å²) in [4.78, 5) is 4.16. The van der Waals surface area contributed by atoms with E-state index in [0.29, 0.717) is 17.7 Å². The maximum atomic E-state index is 6.15. The van der Waals surface area contributed by atoms with Gasteiger partial charge in [-0.25, -0.2) is 0 Å². The van der Waals surface area contributed by atoms with Gasteiger partial charge in [-0.1, -0.05) is 26.8 Å². The van der Waals surface area contributed by atoms with Crippen molar-refractivity contribution in [3.63, 3.8) is 0 Å². The summed E-state index contributed by atoms with van der Waals surface area (Å²) in [5.41, 5.74) is 9.25. The second-order valence-electron chi connectivity index (χ2n) is 5.04. The Morgan fingerprint density at radius 3 is 2.56 bits per heavy atom. The fourth-order valence-electron chi connectivity index (χ4n) is 2.00. The standard InChI is InChI=1S/C14H20N4/c1-9(2)10(3)13-12(14(15)18(4)17-13)11-6-5-7-16-8-11/h5-10H,15H2,1-4H3. The lowest BCUT2D eigenvalue weighted by atomic mass is 9.90. The molecule has 0 saturated heterocycles. The third-order valence-electron chi connectivity index (χ3n) is 3.50. The lowest BCUT2D eigenvalue weighted by Crippen LogP contribution is -2.05. The molecule has 0 aliphatic rings. The maximum absolute atomic E-state index is 6.15. The van der Waals surface area contributed by atoms with Crippen molar-refractivity contribution in [3.8, 4) is 11.1 Å². The second kappa shape index (κ2) is 4.80. The lowest BCUT2D eigenvalue weighted by molar-refractivity contribution is 0.517. The van der Waals surface area contributed by atoms with Gasteiger partial charge < -0.3 is 5.73 Å². The van der Waals surface area contributed by atoms with Gasteiger partial charge >= 0.3 is 0 Å². The van der Waals surface area contributed by atoms with Crippen LogP contribution in [0.3, 0.4) is 0 Å². The summed E-state index contributed by atoms with van der Waals surface area (Å²) in [7, 11) is 1.88. The number of hydrogen-bond donors (Lipinski definition) is 1. The van der Waals surface area contributed by atoms with Crippen molar-refractivity contribution < 1.29 is 0 Å². The Kier molecular flexibility index (Phi) is 3.36. The molecule has 0 aliphatic heterocycles. The number of aryl methyl sites for hydroxylation is 1. The summed E-state index contributed by atoms with van der Waals surface area (Å²) in [5, 5.41) is 4.57. The Labute approximate surface area is 108 Å². The minimum Gasteiger partial charge on any atom is -0.383 e. The van der Waals surface area contributed by atoms with Crippen molar-refractivity contribution in [2.45, 2.75) is 26.7 Å². The van der Waals surface area contributed by atoms with Crippen LogP contribution >= 0.6 is 0 Å². The molecule has 1 unspecified atom stereocenters. The second-order valence-corrected chi connectivity index (χ2v) is 5.04. The molecule has 96 valence electrons. The highest BCUT2D eigenvalue weighted by Crippen LogP contribution is 2.35. The molecule has 0 amide bonds. The largest absolute Gasteiger partial charge is 0.383 e. The summed E-state index contributed by atoms with van der Waals surface area (Å²) >= 11 is 0. The number of pyridine rings is 1. The fraction of sp³-hybridized carbons (Fsp3) is 0.429. The SMILES string of the molecule is CC(C)C(C)c1nn(C)c(N)c1-c1cccnc1. The number of anilines is 1. The maximum Gasteiger partial charge on any atom is 0.129 e. The van der Waals surface area contributed by atoms with E-state index < -0.39 is 0 Å². The van der Waals surface area contributed by atoms with Gasteiger partial charge in [-0.05, 0) is 12.0 Å². The van der Waals surface area contributed by atoms with Crippen LogP contribution in [0.25, 0.3) is 11.1 Å². The van der Waals surface area contributed by atoms with Crippen LogP contribution in [0.2, 0.25) is 0 Å². The molecule has 4 nitrogen and oxygen atoms in total. The molecule has 2 heterocycles. The Morgan fingerprint density at radius 1 is 1.28 bits per heavy atom. The molecular weight excluding hydrogens is 224 g/mol. The summed E-state index contributed by atoms with van der Waals surface area (Å²) in [6.07, 6.45) is 3.60. The van der Waals surface area contributed by atoms with Gasteiger partial charge in [0.05, 0.1) is 5.69 Å². The van der Waals surface area contributed by atoms with Crippen molar-refractivity contribution in [1.29, 1.82) is 0 Å². The van der Waals surface area contributed by atoms with Crippen LogP contribution in [-0.4, -0.2) is 14.8 Å². The molecule has 0 saturated carbocycles. The summed E-state index contributed by atoms with van der Waals surface area (Å²) in [5.74, 6) is 1.59. The highest BCUT2D eigenvalue weighted by molar-refractivity contribution is 5.76. The van der Waals surface area contributed by atoms with Gasteiger partial charge in [0.2, 0.25) is 0 Å². The molecule has 2 rings (SSSR count). The van der Waals surface area contributed by atoms with Crippen molar-refractivity contribution >= 4 is 5.82 Å². The van der Waals surface area contributed by atoms with Crippen molar-refractivity contribution in [2.75, 3.05) is 5.73 Å². The third-order valence-corrected chi connectivity index (χ3v) is 3.50. The molecule has 2 N–H and O–H groups in total. The molecular formula is C14H20N4. The Morgan fingerprint density at radius 2 is 2.00 bits per heavy atom. The van der Waals surface area contributed by atoms with E-state index in [1.165, 1.54) is 0 Å². The van der Waals surface area contributed by atoms with Gasteiger partial charge in [-0.2, -0.15) is 5.10 Å². The molecule has 0 bridgehead atoms. The van der Waals surface area contributed by atoms with Gasteiger partial charge in [0.25, 0.3) is 0 Å². The third kappa shape index (κ3) is 2.10. The van der Waals surface area contributed by atoms with Crippen molar-refractivity contribution in [3.05, 3.63) is 30.2 Å². The first-order valence-electron chi connectivity index (χ1n) is 6.25. The van der Waals surface area contributed by atoms with Gasteiger partial charge in [-0.3, -0.25) is 9.67 Å². The number of nitrogen functional groups attached to an aromatic ring is 1. The van der Waals surface area contributed by atoms with Crippen LogP contribution in [0, 0.1) is 5.92 Å². The molecule has 0 aromatic carbocycles. The average Bonchev–Trinajstić information content (AvgIpc) is 2.66. The smallest absolute Gasteiger partial charge is 0.129 e. The highest BCUT2D eigenvalue weighted by atomic mass is 15.3. The molecule has 1 atom stereocenters. The molecule has 2 aromatic heterocycles. The summed E-state index contributed by atoms with van der Waals surface area (Å²) in [6.45, 7) is 6.58.